The van der Waals surface area contributed by atoms with Crippen LogP contribution in [-0.4, -0.2) is 23.8 Å². The molecule has 110 valence electrons. The minimum Gasteiger partial charge on any atom is -0.444 e. The molecule has 2 rings (SSSR count). The Kier molecular flexibility index (Phi) is 4.21. The number of fused-ring (bicyclic) bond motifs is 1. The zero-order chi connectivity index (χ0) is 14.8. The number of rotatable bonds is 2. The zero-order valence-corrected chi connectivity index (χ0v) is 12.7. The molecule has 0 bridgehead atoms. The number of amides is 1. The number of alkyl carbamates (subject to hydrolysis) is 1. The third kappa shape index (κ3) is 3.89. The van der Waals surface area contributed by atoms with Crippen molar-refractivity contribution in [2.24, 2.45) is 0 Å². The fraction of sp³-hybridized carbons (Fsp3) is 0.562. The molecule has 0 saturated carbocycles. The Bertz CT molecular complexity index is 480. The topological polar surface area (TPSA) is 50.4 Å². The van der Waals surface area contributed by atoms with Gasteiger partial charge in [0.2, 0.25) is 0 Å². The number of hydrogen-bond acceptors (Lipinski definition) is 3. The Labute approximate surface area is 120 Å². The van der Waals surface area contributed by atoms with Crippen LogP contribution < -0.4 is 10.6 Å². The highest BCUT2D eigenvalue weighted by Crippen LogP contribution is 2.25. The van der Waals surface area contributed by atoms with Crippen LogP contribution in [0, 0.1) is 0 Å². The number of nitrogens with one attached hydrogen (secondary N) is 2. The molecular weight excluding hydrogens is 252 g/mol. The van der Waals surface area contributed by atoms with Gasteiger partial charge in [-0.2, -0.15) is 0 Å². The minimum absolute atomic E-state index is 0.0261. The van der Waals surface area contributed by atoms with Gasteiger partial charge in [0.05, 0.1) is 0 Å². The molecule has 20 heavy (non-hydrogen) atoms. The van der Waals surface area contributed by atoms with Crippen LogP contribution in [0.3, 0.4) is 0 Å². The van der Waals surface area contributed by atoms with Crippen LogP contribution in [0.5, 0.6) is 0 Å². The predicted octanol–water partition coefficient (Wildman–Crippen LogP) is 3.33. The maximum atomic E-state index is 11.8. The van der Waals surface area contributed by atoms with Crippen molar-refractivity contribution in [3.05, 3.63) is 29.8 Å². The molecule has 4 heteroatoms. The predicted molar refractivity (Wildman–Crippen MR) is 81.0 cm³/mol. The summed E-state index contributed by atoms with van der Waals surface area (Å²) in [6.07, 6.45) is 1.69. The van der Waals surface area contributed by atoms with Crippen LogP contribution in [-0.2, 0) is 11.2 Å². The van der Waals surface area contributed by atoms with E-state index < -0.39 is 5.60 Å². The lowest BCUT2D eigenvalue weighted by atomic mass is 9.94. The highest BCUT2D eigenvalue weighted by atomic mass is 16.6. The van der Waals surface area contributed by atoms with Gasteiger partial charge in [0.25, 0.3) is 0 Å². The summed E-state index contributed by atoms with van der Waals surface area (Å²) >= 11 is 0. The lowest BCUT2D eigenvalue weighted by Crippen LogP contribution is -2.47. The van der Waals surface area contributed by atoms with Crippen molar-refractivity contribution in [3.63, 3.8) is 0 Å². The van der Waals surface area contributed by atoms with E-state index in [2.05, 4.69) is 28.8 Å². The van der Waals surface area contributed by atoms with E-state index in [0.29, 0.717) is 0 Å². The van der Waals surface area contributed by atoms with Gasteiger partial charge < -0.3 is 15.4 Å². The molecule has 1 aliphatic heterocycles. The van der Waals surface area contributed by atoms with Gasteiger partial charge in [-0.1, -0.05) is 18.2 Å². The smallest absolute Gasteiger partial charge is 0.407 e. The Balaban J connectivity index is 1.92. The molecular formula is C16H24N2O2. The van der Waals surface area contributed by atoms with Crippen molar-refractivity contribution in [2.45, 2.75) is 58.2 Å². The molecule has 0 spiro atoms. The maximum Gasteiger partial charge on any atom is 0.407 e. The first-order valence-electron chi connectivity index (χ1n) is 7.19. The van der Waals surface area contributed by atoms with Gasteiger partial charge in [0.15, 0.2) is 0 Å². The second-order valence-corrected chi connectivity index (χ2v) is 6.38. The second kappa shape index (κ2) is 5.73. The van der Waals surface area contributed by atoms with Gasteiger partial charge in [-0.3, -0.25) is 0 Å². The molecule has 2 unspecified atom stereocenters. The van der Waals surface area contributed by atoms with Crippen LogP contribution in [0.2, 0.25) is 0 Å². The summed E-state index contributed by atoms with van der Waals surface area (Å²) in [5.74, 6) is 0. The summed E-state index contributed by atoms with van der Waals surface area (Å²) in [5, 5.41) is 6.41. The second-order valence-electron chi connectivity index (χ2n) is 6.38. The molecule has 1 amide bonds. The highest BCUT2D eigenvalue weighted by Gasteiger charge is 2.25. The number of ether oxygens (including phenoxy) is 1. The monoisotopic (exact) mass is 276 g/mol. The summed E-state index contributed by atoms with van der Waals surface area (Å²) in [6, 6.07) is 8.57. The average molecular weight is 276 g/mol. The van der Waals surface area contributed by atoms with Crippen LogP contribution >= 0.6 is 0 Å². The van der Waals surface area contributed by atoms with Gasteiger partial charge in [-0.25, -0.2) is 4.79 Å². The lowest BCUT2D eigenvalue weighted by molar-refractivity contribution is 0.0502. The Morgan fingerprint density at radius 3 is 2.80 bits per heavy atom. The first-order valence-corrected chi connectivity index (χ1v) is 7.19. The van der Waals surface area contributed by atoms with Crippen LogP contribution in [0.25, 0.3) is 0 Å². The minimum atomic E-state index is -0.462. The van der Waals surface area contributed by atoms with Crippen molar-refractivity contribution in [1.82, 2.24) is 5.32 Å². The lowest BCUT2D eigenvalue weighted by Gasteiger charge is -2.32. The largest absolute Gasteiger partial charge is 0.444 e. The maximum absolute atomic E-state index is 11.8. The summed E-state index contributed by atoms with van der Waals surface area (Å²) in [7, 11) is 0. The Morgan fingerprint density at radius 2 is 2.10 bits per heavy atom. The number of para-hydroxylation sites is 1. The number of hydrogen-bond donors (Lipinski definition) is 2. The van der Waals surface area contributed by atoms with Gasteiger partial charge in [0.1, 0.15) is 5.60 Å². The summed E-state index contributed by atoms with van der Waals surface area (Å²) in [5.41, 5.74) is 2.05. The van der Waals surface area contributed by atoms with Gasteiger partial charge in [-0.05, 0) is 52.2 Å². The van der Waals surface area contributed by atoms with Crippen molar-refractivity contribution in [3.8, 4) is 0 Å². The molecule has 2 atom stereocenters. The molecule has 4 nitrogen and oxygen atoms in total. The first kappa shape index (κ1) is 14.7. The highest BCUT2D eigenvalue weighted by molar-refractivity contribution is 5.68. The van der Waals surface area contributed by atoms with Crippen molar-refractivity contribution in [2.75, 3.05) is 5.32 Å². The summed E-state index contributed by atoms with van der Waals surface area (Å²) < 4.78 is 5.29. The van der Waals surface area contributed by atoms with E-state index in [1.165, 1.54) is 11.3 Å². The number of aryl methyl sites for hydroxylation is 1. The van der Waals surface area contributed by atoms with Gasteiger partial charge >= 0.3 is 6.09 Å². The molecule has 1 aromatic carbocycles. The normalized spacial score (nSPS) is 19.5. The Hall–Kier alpha value is -1.71. The molecule has 0 saturated heterocycles. The van der Waals surface area contributed by atoms with Crippen LogP contribution in [0.4, 0.5) is 10.5 Å². The SMILES string of the molecule is CC(NC(=O)OC(C)(C)C)C1CCc2ccccc2N1. The van der Waals surface area contributed by atoms with Gasteiger partial charge in [-0.15, -0.1) is 0 Å². The molecule has 1 heterocycles. The molecule has 0 aliphatic carbocycles. The van der Waals surface area contributed by atoms with Crippen LogP contribution in [0.1, 0.15) is 39.7 Å². The third-order valence-electron chi connectivity index (χ3n) is 3.43. The van der Waals surface area contributed by atoms with E-state index in [0.717, 1.165) is 12.8 Å². The van der Waals surface area contributed by atoms with E-state index >= 15 is 0 Å². The number of anilines is 1. The number of carbonyl (C=O) groups excluding carboxylic acids is 1. The van der Waals surface area contributed by atoms with Crippen molar-refractivity contribution in [1.29, 1.82) is 0 Å². The number of carbonyl (C=O) groups is 1. The van der Waals surface area contributed by atoms with E-state index in [-0.39, 0.29) is 18.2 Å². The van der Waals surface area contributed by atoms with Crippen LogP contribution in [0.15, 0.2) is 24.3 Å². The third-order valence-corrected chi connectivity index (χ3v) is 3.43. The standard InChI is InChI=1S/C16H24N2O2/c1-11(17-15(19)20-16(2,3)4)13-10-9-12-7-5-6-8-14(12)18-13/h5-8,11,13,18H,9-10H2,1-4H3,(H,17,19). The molecule has 1 aliphatic rings. The molecule has 0 radical (unpaired) electrons. The quantitative estimate of drug-likeness (QED) is 0.871. The summed E-state index contributed by atoms with van der Waals surface area (Å²) in [6.45, 7) is 7.61. The Morgan fingerprint density at radius 1 is 1.40 bits per heavy atom. The fourth-order valence-electron chi connectivity index (χ4n) is 2.43. The van der Waals surface area contributed by atoms with Crippen molar-refractivity contribution >= 4 is 11.8 Å². The molecule has 2 N–H and O–H groups in total. The average Bonchev–Trinajstić information content (AvgIpc) is 2.35. The first-order chi connectivity index (χ1) is 9.35. The fourth-order valence-corrected chi connectivity index (χ4v) is 2.43. The van der Waals surface area contributed by atoms with Gasteiger partial charge in [0, 0.05) is 17.8 Å². The zero-order valence-electron chi connectivity index (χ0n) is 12.7. The molecule has 1 aromatic rings. The van der Waals surface area contributed by atoms with E-state index in [4.69, 9.17) is 4.74 Å². The molecule has 0 fully saturated rings. The molecule has 0 aromatic heterocycles. The summed E-state index contributed by atoms with van der Waals surface area (Å²) in [4.78, 5) is 11.8. The number of benzene rings is 1. The van der Waals surface area contributed by atoms with E-state index in [1.807, 2.05) is 33.8 Å². The van der Waals surface area contributed by atoms with E-state index in [1.54, 1.807) is 0 Å². The van der Waals surface area contributed by atoms with Crippen molar-refractivity contribution < 1.29 is 9.53 Å². The van der Waals surface area contributed by atoms with E-state index in [9.17, 15) is 4.79 Å².